The Labute approximate surface area is 209 Å². The Bertz CT molecular complexity index is 678. The van der Waals surface area contributed by atoms with E-state index in [-0.39, 0.29) is 0 Å². The molecule has 1 rings (SSSR count). The summed E-state index contributed by atoms with van der Waals surface area (Å²) in [6, 6.07) is 10.0. The lowest BCUT2D eigenvalue weighted by molar-refractivity contribution is 0.0710. The summed E-state index contributed by atoms with van der Waals surface area (Å²) in [5.41, 5.74) is 2.17. The predicted octanol–water partition coefficient (Wildman–Crippen LogP) is 5.50. The molecule has 0 unspecified atom stereocenters. The van der Waals surface area contributed by atoms with Crippen molar-refractivity contribution >= 4 is 29.8 Å². The molecule has 0 spiro atoms. The largest absolute Gasteiger partial charge is 0.500 e. The van der Waals surface area contributed by atoms with Crippen LogP contribution in [0.15, 0.2) is 34.3 Å². The molecule has 1 aromatic carbocycles. The summed E-state index contributed by atoms with van der Waals surface area (Å²) in [5.74, 6) is 0. The van der Waals surface area contributed by atoms with Gasteiger partial charge in [0, 0.05) is 64.6 Å². The molecular weight excluding hydrogens is 464 g/mol. The predicted molar refractivity (Wildman–Crippen MR) is 146 cm³/mol. The Hall–Kier alpha value is -1.21. The number of aliphatic imine (C=N–C) groups is 2. The van der Waals surface area contributed by atoms with Gasteiger partial charge in [0.1, 0.15) is 0 Å². The third-order valence-corrected chi connectivity index (χ3v) is 11.3. The number of rotatable bonds is 20. The molecule has 0 aliphatic heterocycles. The Morgan fingerprint density at radius 2 is 1.00 bits per heavy atom. The van der Waals surface area contributed by atoms with Crippen LogP contribution in [0.3, 0.4) is 0 Å². The number of benzene rings is 1. The Kier molecular flexibility index (Phi) is 16.4. The molecule has 9 heteroatoms. The molecule has 34 heavy (non-hydrogen) atoms. The lowest BCUT2D eigenvalue weighted by atomic mass is 10.1. The normalized spacial score (nSPS) is 12.9. The van der Waals surface area contributed by atoms with Gasteiger partial charge < -0.3 is 22.1 Å². The minimum atomic E-state index is -2.57. The fourth-order valence-corrected chi connectivity index (χ4v) is 8.67. The number of hydrogen-bond acceptors (Lipinski definition) is 7. The van der Waals surface area contributed by atoms with Crippen LogP contribution in [-0.4, -0.2) is 75.9 Å². The van der Waals surface area contributed by atoms with Crippen molar-refractivity contribution in [2.24, 2.45) is 9.98 Å². The Balaban J connectivity index is 2.44. The number of nitrogens with zero attached hydrogens (tertiary/aromatic N) is 2. The summed E-state index contributed by atoms with van der Waals surface area (Å²) in [6.07, 6.45) is 5.70. The fourth-order valence-electron chi connectivity index (χ4n) is 3.68. The lowest BCUT2D eigenvalue weighted by Crippen LogP contribution is -2.46. The van der Waals surface area contributed by atoms with Crippen molar-refractivity contribution in [1.29, 1.82) is 0 Å². The fraction of sp³-hybridized carbons (Fsp3) is 0.680. The first kappa shape index (κ1) is 30.8. The van der Waals surface area contributed by atoms with Crippen LogP contribution in [0.5, 0.6) is 0 Å². The van der Waals surface area contributed by atoms with Gasteiger partial charge in [-0.25, -0.2) is 0 Å². The molecule has 0 N–H and O–H groups in total. The smallest absolute Gasteiger partial charge is 0.395 e. The molecule has 0 aliphatic carbocycles. The van der Waals surface area contributed by atoms with Gasteiger partial charge in [0.15, 0.2) is 0 Å². The van der Waals surface area contributed by atoms with E-state index in [1.165, 1.54) is 0 Å². The second-order valence-electron chi connectivity index (χ2n) is 7.93. The van der Waals surface area contributed by atoms with Crippen molar-refractivity contribution in [3.8, 4) is 0 Å². The van der Waals surface area contributed by atoms with Gasteiger partial charge in [0.05, 0.1) is 0 Å². The monoisotopic (exact) mass is 510 g/mol. The van der Waals surface area contributed by atoms with E-state index in [0.717, 1.165) is 49.1 Å². The third-order valence-electron chi connectivity index (χ3n) is 5.10. The van der Waals surface area contributed by atoms with E-state index in [2.05, 4.69) is 40.8 Å². The molecule has 194 valence electrons. The molecule has 1 aromatic rings. The van der Waals surface area contributed by atoms with Crippen LogP contribution in [0, 0.1) is 0 Å². The zero-order valence-corrected chi connectivity index (χ0v) is 24.2. The molecule has 0 saturated carbocycles. The van der Waals surface area contributed by atoms with Crippen molar-refractivity contribution in [3.63, 3.8) is 0 Å². The highest BCUT2D eigenvalue weighted by atomic mass is 28.4. The third kappa shape index (κ3) is 12.5. The van der Waals surface area contributed by atoms with E-state index in [1.807, 2.05) is 47.0 Å². The molecule has 0 aromatic heterocycles. The molecule has 0 fully saturated rings. The summed E-state index contributed by atoms with van der Waals surface area (Å²) < 4.78 is 29.4. The van der Waals surface area contributed by atoms with E-state index >= 15 is 0 Å². The summed E-state index contributed by atoms with van der Waals surface area (Å²) in [6.45, 7) is 16.9. The van der Waals surface area contributed by atoms with Crippen LogP contribution in [0.4, 0.5) is 0 Å². The van der Waals surface area contributed by atoms with Crippen LogP contribution < -0.4 is 0 Å². The van der Waals surface area contributed by atoms with Crippen molar-refractivity contribution in [2.75, 3.05) is 46.1 Å². The molecule has 0 aliphatic rings. The first-order valence-electron chi connectivity index (χ1n) is 12.8. The van der Waals surface area contributed by atoms with Crippen LogP contribution in [0.2, 0.25) is 18.6 Å². The second-order valence-corrected chi connectivity index (χ2v) is 14.0. The molecule has 0 radical (unpaired) electrons. The highest BCUT2D eigenvalue weighted by Gasteiger charge is 2.39. The van der Waals surface area contributed by atoms with Crippen molar-refractivity contribution in [2.45, 2.75) is 66.1 Å². The van der Waals surface area contributed by atoms with Gasteiger partial charge in [-0.15, -0.1) is 0 Å². The molecule has 0 heterocycles. The molecule has 0 bridgehead atoms. The van der Waals surface area contributed by atoms with E-state index in [9.17, 15) is 0 Å². The maximum atomic E-state index is 5.89. The van der Waals surface area contributed by atoms with Crippen molar-refractivity contribution in [1.82, 2.24) is 0 Å². The van der Waals surface area contributed by atoms with Crippen LogP contribution in [0.25, 0.3) is 0 Å². The molecular formula is C25H46N2O5Si2. The average Bonchev–Trinajstić information content (AvgIpc) is 2.80. The van der Waals surface area contributed by atoms with Crippen molar-refractivity contribution in [3.05, 3.63) is 35.4 Å². The van der Waals surface area contributed by atoms with Gasteiger partial charge in [-0.05, 0) is 71.2 Å². The Morgan fingerprint density at radius 3 is 1.38 bits per heavy atom. The zero-order chi connectivity index (χ0) is 25.1. The first-order chi connectivity index (χ1) is 16.5. The quantitative estimate of drug-likeness (QED) is 0.132. The standard InChI is InChI=1S/C25H46N2O5Si2/c1-7-28-33(6,29-8-2)20-12-18-26-22-24-14-16-25(17-15-24)23-27-19-13-21-34(30-9-3,31-10-4)32-11-5/h14-17,22-23H,7-13,18-21H2,1-6H3/b26-22+,27-23+. The van der Waals surface area contributed by atoms with E-state index in [4.69, 9.17) is 22.1 Å². The SMILES string of the molecule is CCO[Si](C)(CCC/N=C/c1ccc(/C=N/CCC[Si](OCC)(OCC)OCC)cc1)OCC. The maximum Gasteiger partial charge on any atom is 0.500 e. The van der Waals surface area contributed by atoms with Crippen LogP contribution in [-0.2, 0) is 22.1 Å². The van der Waals surface area contributed by atoms with Crippen LogP contribution in [0.1, 0.15) is 58.6 Å². The summed E-state index contributed by atoms with van der Waals surface area (Å²) in [5, 5.41) is 0. The van der Waals surface area contributed by atoms with E-state index < -0.39 is 17.4 Å². The number of hydrogen-bond donors (Lipinski definition) is 0. The second kappa shape index (κ2) is 18.1. The maximum absolute atomic E-state index is 5.89. The van der Waals surface area contributed by atoms with Gasteiger partial charge in [0.2, 0.25) is 0 Å². The van der Waals surface area contributed by atoms with Gasteiger partial charge >= 0.3 is 17.4 Å². The molecule has 0 atom stereocenters. The topological polar surface area (TPSA) is 70.9 Å². The molecule has 7 nitrogen and oxygen atoms in total. The first-order valence-corrected chi connectivity index (χ1v) is 17.2. The minimum absolute atomic E-state index is 0.604. The lowest BCUT2D eigenvalue weighted by Gasteiger charge is -2.28. The van der Waals surface area contributed by atoms with Crippen molar-refractivity contribution < 1.29 is 22.1 Å². The highest BCUT2D eigenvalue weighted by molar-refractivity contribution is 6.66. The summed E-state index contributed by atoms with van der Waals surface area (Å²) in [7, 11) is -4.61. The van der Waals surface area contributed by atoms with E-state index in [0.29, 0.717) is 33.0 Å². The summed E-state index contributed by atoms with van der Waals surface area (Å²) in [4.78, 5) is 9.14. The van der Waals surface area contributed by atoms with Gasteiger partial charge in [-0.3, -0.25) is 9.98 Å². The van der Waals surface area contributed by atoms with E-state index in [1.54, 1.807) is 0 Å². The summed E-state index contributed by atoms with van der Waals surface area (Å²) >= 11 is 0. The minimum Gasteiger partial charge on any atom is -0.395 e. The Morgan fingerprint density at radius 1 is 0.618 bits per heavy atom. The average molecular weight is 511 g/mol. The zero-order valence-electron chi connectivity index (χ0n) is 22.2. The molecule has 0 amide bonds. The van der Waals surface area contributed by atoms with Gasteiger partial charge in [-0.1, -0.05) is 24.3 Å². The molecule has 0 saturated heterocycles. The van der Waals surface area contributed by atoms with Gasteiger partial charge in [0.25, 0.3) is 0 Å². The van der Waals surface area contributed by atoms with Gasteiger partial charge in [-0.2, -0.15) is 0 Å². The van der Waals surface area contributed by atoms with Crippen LogP contribution >= 0.6 is 0 Å². The highest BCUT2D eigenvalue weighted by Crippen LogP contribution is 2.18.